The predicted octanol–water partition coefficient (Wildman–Crippen LogP) is 5.51. The largest absolute Gasteiger partial charge is 0.313 e. The number of halogens is 4. The van der Waals surface area contributed by atoms with Crippen LogP contribution in [0, 0.1) is 5.82 Å². The normalized spacial score (nSPS) is 12.4. The summed E-state index contributed by atoms with van der Waals surface area (Å²) in [5.41, 5.74) is 2.13. The summed E-state index contributed by atoms with van der Waals surface area (Å²) >= 11 is 12.8. The molecule has 2 aromatic carbocycles. The molecule has 0 aromatic heterocycles. The van der Waals surface area contributed by atoms with Crippen LogP contribution >= 0.6 is 43.5 Å². The third-order valence-corrected chi connectivity index (χ3v) is 4.67. The van der Waals surface area contributed by atoms with Crippen LogP contribution in [0.25, 0.3) is 0 Å². The Kier molecular flexibility index (Phi) is 5.61. The maximum Gasteiger partial charge on any atom is 0.137 e. The average Bonchev–Trinajstić information content (AvgIpc) is 2.43. The van der Waals surface area contributed by atoms with Gasteiger partial charge in [-0.15, -0.1) is 0 Å². The van der Waals surface area contributed by atoms with Crippen molar-refractivity contribution in [2.24, 2.45) is 0 Å². The molecule has 2 aromatic rings. The third kappa shape index (κ3) is 3.82. The summed E-state index contributed by atoms with van der Waals surface area (Å²) in [5, 5.41) is 3.97. The van der Waals surface area contributed by atoms with Crippen LogP contribution in [0.4, 0.5) is 4.39 Å². The summed E-state index contributed by atoms with van der Waals surface area (Å²) in [7, 11) is 1.90. The van der Waals surface area contributed by atoms with Gasteiger partial charge in [0.05, 0.1) is 4.47 Å². The lowest BCUT2D eigenvalue weighted by atomic mass is 9.99. The monoisotopic (exact) mass is 419 g/mol. The van der Waals surface area contributed by atoms with Gasteiger partial charge >= 0.3 is 0 Å². The molecular formula is C15H13Br2ClFN. The van der Waals surface area contributed by atoms with E-state index in [4.69, 9.17) is 11.6 Å². The fraction of sp³-hybridized carbons (Fsp3) is 0.200. The Hall–Kier alpha value is -0.420. The molecule has 1 N–H and O–H groups in total. The van der Waals surface area contributed by atoms with Crippen molar-refractivity contribution < 1.29 is 4.39 Å². The molecule has 0 spiro atoms. The van der Waals surface area contributed by atoms with Crippen LogP contribution in [-0.2, 0) is 6.42 Å². The fourth-order valence-electron chi connectivity index (χ4n) is 2.05. The van der Waals surface area contributed by atoms with E-state index in [-0.39, 0.29) is 11.9 Å². The van der Waals surface area contributed by atoms with E-state index in [1.807, 2.05) is 25.2 Å². The SMILES string of the molecule is CNC(Cc1ccc(F)c(Br)c1)c1cc(Cl)ccc1Br. The lowest BCUT2D eigenvalue weighted by molar-refractivity contribution is 0.585. The van der Waals surface area contributed by atoms with Gasteiger partial charge in [0.25, 0.3) is 0 Å². The summed E-state index contributed by atoms with van der Waals surface area (Å²) in [6, 6.07) is 10.9. The molecule has 0 aliphatic carbocycles. The van der Waals surface area contributed by atoms with E-state index in [0.29, 0.717) is 9.50 Å². The van der Waals surface area contributed by atoms with Crippen molar-refractivity contribution >= 4 is 43.5 Å². The summed E-state index contributed by atoms with van der Waals surface area (Å²) in [6.45, 7) is 0. The zero-order chi connectivity index (χ0) is 14.7. The van der Waals surface area contributed by atoms with E-state index in [1.165, 1.54) is 6.07 Å². The number of rotatable bonds is 4. The lowest BCUT2D eigenvalue weighted by Gasteiger charge is -2.19. The van der Waals surface area contributed by atoms with Gasteiger partial charge in [-0.05, 0) is 70.9 Å². The Labute approximate surface area is 139 Å². The minimum absolute atomic E-state index is 0.0976. The highest BCUT2D eigenvalue weighted by Gasteiger charge is 2.14. The van der Waals surface area contributed by atoms with Gasteiger partial charge in [0.2, 0.25) is 0 Å². The molecule has 2 rings (SSSR count). The van der Waals surface area contributed by atoms with E-state index in [0.717, 1.165) is 22.0 Å². The van der Waals surface area contributed by atoms with Crippen LogP contribution in [-0.4, -0.2) is 7.05 Å². The van der Waals surface area contributed by atoms with Crippen LogP contribution in [0.1, 0.15) is 17.2 Å². The van der Waals surface area contributed by atoms with Crippen molar-refractivity contribution in [2.45, 2.75) is 12.5 Å². The first-order valence-corrected chi connectivity index (χ1v) is 8.04. The summed E-state index contributed by atoms with van der Waals surface area (Å²) in [4.78, 5) is 0. The van der Waals surface area contributed by atoms with Gasteiger partial charge in [-0.2, -0.15) is 0 Å². The first-order valence-electron chi connectivity index (χ1n) is 6.07. The summed E-state index contributed by atoms with van der Waals surface area (Å²) < 4.78 is 14.8. The number of benzene rings is 2. The molecule has 0 fully saturated rings. The highest BCUT2D eigenvalue weighted by molar-refractivity contribution is 9.10. The fourth-order valence-corrected chi connectivity index (χ4v) is 3.18. The first kappa shape index (κ1) is 16.0. The van der Waals surface area contributed by atoms with Gasteiger partial charge in [0.15, 0.2) is 0 Å². The molecule has 0 bridgehead atoms. The van der Waals surface area contributed by atoms with Crippen molar-refractivity contribution in [1.29, 1.82) is 0 Å². The minimum Gasteiger partial charge on any atom is -0.313 e. The van der Waals surface area contributed by atoms with Crippen molar-refractivity contribution in [2.75, 3.05) is 7.05 Å². The summed E-state index contributed by atoms with van der Waals surface area (Å²) in [5.74, 6) is -0.251. The van der Waals surface area contributed by atoms with Gasteiger partial charge < -0.3 is 5.32 Å². The van der Waals surface area contributed by atoms with Crippen molar-refractivity contribution in [1.82, 2.24) is 5.32 Å². The van der Waals surface area contributed by atoms with Crippen molar-refractivity contribution in [3.05, 3.63) is 67.3 Å². The second kappa shape index (κ2) is 7.03. The quantitative estimate of drug-likeness (QED) is 0.687. The standard InChI is InChI=1S/C15H13Br2ClFN/c1-20-15(11-8-10(18)3-4-12(11)16)7-9-2-5-14(19)13(17)6-9/h2-6,8,15,20H,7H2,1H3. The van der Waals surface area contributed by atoms with E-state index in [9.17, 15) is 4.39 Å². The van der Waals surface area contributed by atoms with Gasteiger partial charge in [-0.25, -0.2) is 4.39 Å². The number of likely N-dealkylation sites (N-methyl/N-ethyl adjacent to an activating group) is 1. The smallest absolute Gasteiger partial charge is 0.137 e. The Balaban J connectivity index is 2.28. The molecule has 0 aliphatic heterocycles. The van der Waals surface area contributed by atoms with Crippen molar-refractivity contribution in [3.63, 3.8) is 0 Å². The number of nitrogens with one attached hydrogen (secondary N) is 1. The molecule has 5 heteroatoms. The van der Waals surface area contributed by atoms with Gasteiger partial charge in [-0.3, -0.25) is 0 Å². The Morgan fingerprint density at radius 1 is 1.15 bits per heavy atom. The molecule has 1 unspecified atom stereocenters. The van der Waals surface area contributed by atoms with E-state index >= 15 is 0 Å². The van der Waals surface area contributed by atoms with Gasteiger partial charge in [0.1, 0.15) is 5.82 Å². The van der Waals surface area contributed by atoms with Crippen molar-refractivity contribution in [3.8, 4) is 0 Å². The zero-order valence-electron chi connectivity index (χ0n) is 10.8. The zero-order valence-corrected chi connectivity index (χ0v) is 14.7. The lowest BCUT2D eigenvalue weighted by Crippen LogP contribution is -2.19. The molecule has 1 atom stereocenters. The second-order valence-electron chi connectivity index (χ2n) is 4.46. The van der Waals surface area contributed by atoms with Crippen LogP contribution < -0.4 is 5.32 Å². The Morgan fingerprint density at radius 2 is 1.90 bits per heavy atom. The molecule has 0 radical (unpaired) electrons. The maximum atomic E-state index is 13.3. The van der Waals surface area contributed by atoms with Crippen LogP contribution in [0.5, 0.6) is 0 Å². The number of hydrogen-bond donors (Lipinski definition) is 1. The molecule has 0 saturated heterocycles. The van der Waals surface area contributed by atoms with E-state index < -0.39 is 0 Å². The van der Waals surface area contributed by atoms with Gasteiger partial charge in [-0.1, -0.05) is 33.6 Å². The van der Waals surface area contributed by atoms with Crippen LogP contribution in [0.2, 0.25) is 5.02 Å². The van der Waals surface area contributed by atoms with Crippen LogP contribution in [0.15, 0.2) is 45.3 Å². The average molecular weight is 422 g/mol. The van der Waals surface area contributed by atoms with Crippen LogP contribution in [0.3, 0.4) is 0 Å². The molecule has 0 heterocycles. The minimum atomic E-state index is -0.251. The van der Waals surface area contributed by atoms with Gasteiger partial charge in [0, 0.05) is 15.5 Å². The molecule has 20 heavy (non-hydrogen) atoms. The number of hydrogen-bond acceptors (Lipinski definition) is 1. The Bertz CT molecular complexity index is 619. The molecular weight excluding hydrogens is 408 g/mol. The topological polar surface area (TPSA) is 12.0 Å². The third-order valence-electron chi connectivity index (χ3n) is 3.11. The van der Waals surface area contributed by atoms with E-state index in [1.54, 1.807) is 12.1 Å². The molecule has 0 saturated carbocycles. The second-order valence-corrected chi connectivity index (χ2v) is 6.60. The molecule has 1 nitrogen and oxygen atoms in total. The molecule has 106 valence electrons. The highest BCUT2D eigenvalue weighted by Crippen LogP contribution is 2.29. The summed E-state index contributed by atoms with van der Waals surface area (Å²) in [6.07, 6.45) is 0.744. The Morgan fingerprint density at radius 3 is 2.55 bits per heavy atom. The molecule has 0 amide bonds. The predicted molar refractivity (Wildman–Crippen MR) is 88.8 cm³/mol. The van der Waals surface area contributed by atoms with E-state index in [2.05, 4.69) is 37.2 Å². The highest BCUT2D eigenvalue weighted by atomic mass is 79.9. The molecule has 0 aliphatic rings. The first-order chi connectivity index (χ1) is 9.51. The maximum absolute atomic E-state index is 13.3.